The molecule has 3 aromatic rings. The molecule has 1 atom stereocenters. The Bertz CT molecular complexity index is 922. The molecule has 0 fully saturated rings. The molecule has 1 N–H and O–H groups in total. The highest BCUT2D eigenvalue weighted by Gasteiger charge is 2.32. The average molecular weight is 328 g/mol. The molecular formula is C17H13FN2O2S. The van der Waals surface area contributed by atoms with Gasteiger partial charge in [-0.3, -0.25) is 4.79 Å². The van der Waals surface area contributed by atoms with Crippen molar-refractivity contribution in [2.75, 3.05) is 7.11 Å². The molecule has 4 rings (SSSR count). The molecule has 0 aliphatic heterocycles. The van der Waals surface area contributed by atoms with Crippen molar-refractivity contribution in [2.24, 2.45) is 0 Å². The van der Waals surface area contributed by atoms with E-state index in [1.165, 1.54) is 23.9 Å². The normalized spacial score (nSPS) is 16.8. The number of hydrogen-bond acceptors (Lipinski definition) is 4. The summed E-state index contributed by atoms with van der Waals surface area (Å²) in [5.41, 5.74) is 3.06. The molecular weight excluding hydrogens is 315 g/mol. The summed E-state index contributed by atoms with van der Waals surface area (Å²) in [7, 11) is 1.61. The average Bonchev–Trinajstić information content (AvgIpc) is 3.08. The van der Waals surface area contributed by atoms with E-state index >= 15 is 0 Å². The van der Waals surface area contributed by atoms with Crippen molar-refractivity contribution in [3.05, 3.63) is 53.3 Å². The predicted octanol–water partition coefficient (Wildman–Crippen LogP) is 3.61. The quantitative estimate of drug-likeness (QED) is 0.798. The van der Waals surface area contributed by atoms with Crippen molar-refractivity contribution < 1.29 is 13.9 Å². The van der Waals surface area contributed by atoms with Gasteiger partial charge in [-0.2, -0.15) is 0 Å². The lowest BCUT2D eigenvalue weighted by Crippen LogP contribution is -2.11. The number of aromatic amines is 1. The lowest BCUT2D eigenvalue weighted by atomic mass is 10.1. The number of halogens is 1. The number of nitrogens with one attached hydrogen (secondary N) is 1. The number of fused-ring (bicyclic) bond motifs is 2. The van der Waals surface area contributed by atoms with Crippen molar-refractivity contribution in [3.8, 4) is 5.75 Å². The maximum atomic E-state index is 13.3. The second-order valence-electron chi connectivity index (χ2n) is 5.40. The number of hydrogen-bond donors (Lipinski definition) is 1. The summed E-state index contributed by atoms with van der Waals surface area (Å²) in [5, 5.41) is 0.411. The molecule has 1 aromatic heterocycles. The first-order valence-electron chi connectivity index (χ1n) is 7.17. The van der Waals surface area contributed by atoms with Crippen molar-refractivity contribution in [1.82, 2.24) is 9.97 Å². The van der Waals surface area contributed by atoms with Gasteiger partial charge in [0.1, 0.15) is 11.6 Å². The highest BCUT2D eigenvalue weighted by Crippen LogP contribution is 2.34. The minimum Gasteiger partial charge on any atom is -0.497 e. The van der Waals surface area contributed by atoms with E-state index in [4.69, 9.17) is 4.74 Å². The fraction of sp³-hybridized carbons (Fsp3) is 0.176. The van der Waals surface area contributed by atoms with E-state index in [0.29, 0.717) is 17.1 Å². The van der Waals surface area contributed by atoms with Crippen molar-refractivity contribution in [2.45, 2.75) is 16.8 Å². The van der Waals surface area contributed by atoms with E-state index in [0.717, 1.165) is 22.3 Å². The largest absolute Gasteiger partial charge is 0.497 e. The molecule has 0 radical (unpaired) electrons. The maximum Gasteiger partial charge on any atom is 0.176 e. The second-order valence-corrected chi connectivity index (χ2v) is 6.59. The Morgan fingerprint density at radius 3 is 3.00 bits per heavy atom. The SMILES string of the molecule is COc1ccc2nc(SC3Cc4ccc(F)cc4C3=O)[nH]c2c1. The molecule has 1 unspecified atom stereocenters. The lowest BCUT2D eigenvalue weighted by Gasteiger charge is -2.03. The molecule has 23 heavy (non-hydrogen) atoms. The summed E-state index contributed by atoms with van der Waals surface area (Å²) in [5.74, 6) is 0.332. The van der Waals surface area contributed by atoms with E-state index in [1.54, 1.807) is 13.2 Å². The third-order valence-corrected chi connectivity index (χ3v) is 5.04. The molecule has 2 aromatic carbocycles. The van der Waals surface area contributed by atoms with E-state index in [1.807, 2.05) is 18.2 Å². The number of imidazole rings is 1. The van der Waals surface area contributed by atoms with Gasteiger partial charge in [0.25, 0.3) is 0 Å². The van der Waals surface area contributed by atoms with Gasteiger partial charge in [0.15, 0.2) is 10.9 Å². The smallest absolute Gasteiger partial charge is 0.176 e. The zero-order valence-electron chi connectivity index (χ0n) is 12.3. The molecule has 0 saturated heterocycles. The summed E-state index contributed by atoms with van der Waals surface area (Å²) in [6.45, 7) is 0. The topological polar surface area (TPSA) is 55.0 Å². The van der Waals surface area contributed by atoms with Gasteiger partial charge in [0.2, 0.25) is 0 Å². The number of methoxy groups -OCH3 is 1. The van der Waals surface area contributed by atoms with E-state index in [-0.39, 0.29) is 16.9 Å². The number of carbonyl (C=O) groups is 1. The fourth-order valence-corrected chi connectivity index (χ4v) is 3.89. The molecule has 1 heterocycles. The first kappa shape index (κ1) is 14.3. The second kappa shape index (κ2) is 5.38. The molecule has 0 spiro atoms. The molecule has 0 amide bonds. The van der Waals surface area contributed by atoms with Crippen LogP contribution in [0.5, 0.6) is 5.75 Å². The van der Waals surface area contributed by atoms with Gasteiger partial charge in [-0.1, -0.05) is 17.8 Å². The first-order valence-corrected chi connectivity index (χ1v) is 8.05. The molecule has 4 nitrogen and oxygen atoms in total. The number of Topliss-reactive ketones (excluding diaryl/α,β-unsaturated/α-hetero) is 1. The number of rotatable bonds is 3. The third-order valence-electron chi connectivity index (χ3n) is 3.96. The van der Waals surface area contributed by atoms with Crippen LogP contribution in [0.15, 0.2) is 41.6 Å². The fourth-order valence-electron chi connectivity index (χ4n) is 2.80. The Hall–Kier alpha value is -2.34. The van der Waals surface area contributed by atoms with Crippen LogP contribution in [0.3, 0.4) is 0 Å². The number of ketones is 1. The van der Waals surface area contributed by atoms with Gasteiger partial charge in [-0.15, -0.1) is 0 Å². The van der Waals surface area contributed by atoms with Gasteiger partial charge in [0.05, 0.1) is 23.4 Å². The zero-order valence-corrected chi connectivity index (χ0v) is 13.1. The summed E-state index contributed by atoms with van der Waals surface area (Å²) < 4.78 is 18.5. The Kier molecular flexibility index (Phi) is 3.34. The highest BCUT2D eigenvalue weighted by atomic mass is 32.2. The Labute approximate surface area is 136 Å². The van der Waals surface area contributed by atoms with E-state index < -0.39 is 0 Å². The summed E-state index contributed by atoms with van der Waals surface area (Å²) in [6.07, 6.45) is 0.597. The molecule has 1 aliphatic rings. The third kappa shape index (κ3) is 2.49. The number of thioether (sulfide) groups is 1. The number of carbonyl (C=O) groups excluding carboxylic acids is 1. The van der Waals surface area contributed by atoms with Crippen LogP contribution >= 0.6 is 11.8 Å². The van der Waals surface area contributed by atoms with E-state index in [9.17, 15) is 9.18 Å². The van der Waals surface area contributed by atoms with Crippen molar-refractivity contribution >= 4 is 28.6 Å². The number of H-pyrrole nitrogens is 1. The van der Waals surface area contributed by atoms with Crippen LogP contribution < -0.4 is 4.74 Å². The van der Waals surface area contributed by atoms with Crippen LogP contribution in [0, 0.1) is 5.82 Å². The highest BCUT2D eigenvalue weighted by molar-refractivity contribution is 8.00. The van der Waals surface area contributed by atoms with Gasteiger partial charge < -0.3 is 9.72 Å². The Morgan fingerprint density at radius 1 is 1.30 bits per heavy atom. The number of benzene rings is 2. The van der Waals surface area contributed by atoms with E-state index in [2.05, 4.69) is 9.97 Å². The maximum absolute atomic E-state index is 13.3. The van der Waals surface area contributed by atoms with Crippen LogP contribution in [-0.4, -0.2) is 28.1 Å². The standard InChI is InChI=1S/C17H13FN2O2S/c1-22-11-4-5-13-14(8-11)20-17(19-13)23-15-6-9-2-3-10(18)7-12(9)16(15)21/h2-5,7-8,15H,6H2,1H3,(H,19,20). The first-order chi connectivity index (χ1) is 11.1. The Balaban J connectivity index is 1.60. The lowest BCUT2D eigenvalue weighted by molar-refractivity contribution is 0.1000. The van der Waals surface area contributed by atoms with Crippen molar-refractivity contribution in [1.29, 1.82) is 0 Å². The minimum absolute atomic E-state index is 0.0393. The zero-order chi connectivity index (χ0) is 16.0. The minimum atomic E-state index is -0.376. The van der Waals surface area contributed by atoms with Crippen molar-refractivity contribution in [3.63, 3.8) is 0 Å². The summed E-state index contributed by atoms with van der Waals surface area (Å²) >= 11 is 1.38. The van der Waals surface area contributed by atoms with Gasteiger partial charge in [-0.05, 0) is 36.2 Å². The number of aromatic nitrogens is 2. The van der Waals surface area contributed by atoms with Crippen LogP contribution in [0.1, 0.15) is 15.9 Å². The van der Waals surface area contributed by atoms with Crippen LogP contribution in [0.25, 0.3) is 11.0 Å². The molecule has 0 bridgehead atoms. The van der Waals surface area contributed by atoms with Gasteiger partial charge in [-0.25, -0.2) is 9.37 Å². The van der Waals surface area contributed by atoms with Crippen LogP contribution in [0.4, 0.5) is 4.39 Å². The summed E-state index contributed by atoms with van der Waals surface area (Å²) in [6, 6.07) is 9.99. The summed E-state index contributed by atoms with van der Waals surface area (Å²) in [4.78, 5) is 20.1. The molecule has 1 aliphatic carbocycles. The molecule has 116 valence electrons. The predicted molar refractivity (Wildman–Crippen MR) is 86.7 cm³/mol. The monoisotopic (exact) mass is 328 g/mol. The Morgan fingerprint density at radius 2 is 2.17 bits per heavy atom. The molecule has 6 heteroatoms. The molecule has 0 saturated carbocycles. The number of nitrogens with zero attached hydrogens (tertiary/aromatic N) is 1. The van der Waals surface area contributed by atoms with Gasteiger partial charge in [0, 0.05) is 11.6 Å². The number of ether oxygens (including phenoxy) is 1. The van der Waals surface area contributed by atoms with Crippen LogP contribution in [-0.2, 0) is 6.42 Å². The van der Waals surface area contributed by atoms with Gasteiger partial charge >= 0.3 is 0 Å². The van der Waals surface area contributed by atoms with Crippen LogP contribution in [0.2, 0.25) is 0 Å².